The lowest BCUT2D eigenvalue weighted by molar-refractivity contribution is 1.38. The Hall–Kier alpha value is -1.37. The van der Waals surface area contributed by atoms with Crippen molar-refractivity contribution in [1.29, 1.82) is 0 Å². The molecule has 0 aromatic heterocycles. The highest BCUT2D eigenvalue weighted by molar-refractivity contribution is 5.60. The highest BCUT2D eigenvalue weighted by atomic mass is 14.7. The summed E-state index contributed by atoms with van der Waals surface area (Å²) < 4.78 is 0. The van der Waals surface area contributed by atoms with Crippen molar-refractivity contribution < 1.29 is 0 Å². The Morgan fingerprint density at radius 2 is 1.80 bits per heavy atom. The number of nitrogens with zero attached hydrogens (tertiary/aromatic N) is 1. The Morgan fingerprint density at radius 3 is 2.80 bits per heavy atom. The van der Waals surface area contributed by atoms with Crippen LogP contribution in [0.2, 0.25) is 0 Å². The van der Waals surface area contributed by atoms with Crippen LogP contribution in [0.1, 0.15) is 0 Å². The summed E-state index contributed by atoms with van der Waals surface area (Å²) in [5, 5.41) is 0. The molecular formula is C9H7N. The van der Waals surface area contributed by atoms with Crippen LogP contribution in [0.5, 0.6) is 0 Å². The lowest BCUT2D eigenvalue weighted by Crippen LogP contribution is -1.67. The van der Waals surface area contributed by atoms with E-state index in [-0.39, 0.29) is 0 Å². The van der Waals surface area contributed by atoms with Crippen LogP contribution in [-0.4, -0.2) is 4.98 Å². The van der Waals surface area contributed by atoms with Gasteiger partial charge in [0.05, 0.1) is 5.69 Å². The molecular weight excluding hydrogens is 122 g/mol. The van der Waals surface area contributed by atoms with Gasteiger partial charge in [0.25, 0.3) is 0 Å². The van der Waals surface area contributed by atoms with Crippen LogP contribution < -0.4 is 0 Å². The molecule has 1 nitrogen and oxygen atoms in total. The van der Waals surface area contributed by atoms with Gasteiger partial charge in [0.15, 0.2) is 0 Å². The maximum Gasteiger partial charge on any atom is 0.0701 e. The van der Waals surface area contributed by atoms with E-state index < -0.39 is 0 Å². The molecule has 0 N–H and O–H groups in total. The minimum Gasteiger partial charge on any atom is -0.256 e. The molecule has 1 heteroatoms. The van der Waals surface area contributed by atoms with E-state index in [1.54, 1.807) is 0 Å². The monoisotopic (exact) mass is 129 g/mol. The smallest absolute Gasteiger partial charge is 0.0701 e. The molecule has 10 heavy (non-hydrogen) atoms. The summed E-state index contributed by atoms with van der Waals surface area (Å²) in [5.74, 6) is 0. The topological polar surface area (TPSA) is 12.9 Å². The van der Waals surface area contributed by atoms with Crippen molar-refractivity contribution in [2.24, 2.45) is 0 Å². The van der Waals surface area contributed by atoms with Gasteiger partial charge in [-0.05, 0) is 12.1 Å². The molecule has 0 aromatic carbocycles. The van der Waals surface area contributed by atoms with E-state index in [4.69, 9.17) is 0 Å². The second-order valence-electron chi connectivity index (χ2n) is 2.20. The third kappa shape index (κ3) is 0.760. The van der Waals surface area contributed by atoms with E-state index in [2.05, 4.69) is 17.1 Å². The molecule has 0 saturated carbocycles. The quantitative estimate of drug-likeness (QED) is 0.531. The van der Waals surface area contributed by atoms with Crippen LogP contribution in [-0.2, 0) is 0 Å². The summed E-state index contributed by atoms with van der Waals surface area (Å²) in [6.07, 6.45) is 1.81. The second-order valence-corrected chi connectivity index (χ2v) is 2.20. The second kappa shape index (κ2) is 2.10. The summed E-state index contributed by atoms with van der Waals surface area (Å²) in [4.78, 5) is 4.20. The van der Waals surface area contributed by atoms with Gasteiger partial charge in [-0.15, -0.1) is 0 Å². The SMILES string of the molecule is c1ccc2cccc-2nc1. The molecule has 0 saturated heterocycles. The fourth-order valence-corrected chi connectivity index (χ4v) is 1.02. The van der Waals surface area contributed by atoms with E-state index >= 15 is 0 Å². The van der Waals surface area contributed by atoms with Gasteiger partial charge in [-0.1, -0.05) is 24.3 Å². The van der Waals surface area contributed by atoms with Crippen LogP contribution in [0.25, 0.3) is 11.3 Å². The molecule has 1 aliphatic carbocycles. The number of aromatic nitrogens is 1. The zero-order valence-corrected chi connectivity index (χ0v) is 5.49. The first-order chi connectivity index (χ1) is 4.97. The van der Waals surface area contributed by atoms with Crippen LogP contribution in [0.3, 0.4) is 0 Å². The maximum atomic E-state index is 4.20. The van der Waals surface area contributed by atoms with Crippen molar-refractivity contribution in [1.82, 2.24) is 4.98 Å². The zero-order valence-electron chi connectivity index (χ0n) is 5.49. The third-order valence-electron chi connectivity index (χ3n) is 1.51. The van der Waals surface area contributed by atoms with Gasteiger partial charge < -0.3 is 0 Å². The lowest BCUT2D eigenvalue weighted by Gasteiger charge is -1.84. The van der Waals surface area contributed by atoms with Crippen LogP contribution in [0.4, 0.5) is 0 Å². The molecule has 0 spiro atoms. The van der Waals surface area contributed by atoms with Crippen molar-refractivity contribution in [3.8, 4) is 11.3 Å². The molecule has 48 valence electrons. The fraction of sp³-hybridized carbons (Fsp3) is 0. The molecule has 2 aliphatic rings. The van der Waals surface area contributed by atoms with Gasteiger partial charge in [-0.3, -0.25) is 4.98 Å². The first-order valence-corrected chi connectivity index (χ1v) is 3.26. The Morgan fingerprint density at radius 1 is 0.900 bits per heavy atom. The largest absolute Gasteiger partial charge is 0.256 e. The Bertz CT molecular complexity index is 276. The number of hydrogen-bond donors (Lipinski definition) is 0. The average molecular weight is 129 g/mol. The molecule has 1 heterocycles. The first kappa shape index (κ1) is 5.42. The predicted octanol–water partition coefficient (Wildman–Crippen LogP) is 2.19. The number of hydrogen-bond acceptors (Lipinski definition) is 1. The van der Waals surface area contributed by atoms with E-state index in [0.29, 0.717) is 0 Å². The Kier molecular flexibility index (Phi) is 1.14. The summed E-state index contributed by atoms with van der Waals surface area (Å²) in [7, 11) is 0. The maximum absolute atomic E-state index is 4.20. The summed E-state index contributed by atoms with van der Waals surface area (Å²) >= 11 is 0. The molecule has 0 bridgehead atoms. The van der Waals surface area contributed by atoms with E-state index in [1.165, 1.54) is 5.56 Å². The van der Waals surface area contributed by atoms with Crippen molar-refractivity contribution in [2.75, 3.05) is 0 Å². The highest BCUT2D eigenvalue weighted by Crippen LogP contribution is 2.17. The molecule has 0 fully saturated rings. The predicted molar refractivity (Wildman–Crippen MR) is 40.9 cm³/mol. The van der Waals surface area contributed by atoms with Gasteiger partial charge in [-0.2, -0.15) is 0 Å². The van der Waals surface area contributed by atoms with Crippen molar-refractivity contribution >= 4 is 0 Å². The minimum atomic E-state index is 1.06. The van der Waals surface area contributed by atoms with Crippen molar-refractivity contribution in [3.63, 3.8) is 0 Å². The molecule has 0 radical (unpaired) electrons. The Balaban J connectivity index is 2.74. The van der Waals surface area contributed by atoms with Gasteiger partial charge in [0, 0.05) is 11.8 Å². The number of rotatable bonds is 0. The van der Waals surface area contributed by atoms with E-state index in [0.717, 1.165) is 5.69 Å². The van der Waals surface area contributed by atoms with Gasteiger partial charge >= 0.3 is 0 Å². The molecule has 0 unspecified atom stereocenters. The summed E-state index contributed by atoms with van der Waals surface area (Å²) in [5.41, 5.74) is 2.26. The zero-order chi connectivity index (χ0) is 6.81. The minimum absolute atomic E-state index is 1.06. The molecule has 1 aliphatic heterocycles. The van der Waals surface area contributed by atoms with E-state index in [9.17, 15) is 0 Å². The normalized spacial score (nSPS) is 10.0. The summed E-state index contributed by atoms with van der Waals surface area (Å²) in [6, 6.07) is 12.1. The van der Waals surface area contributed by atoms with Crippen LogP contribution >= 0.6 is 0 Å². The van der Waals surface area contributed by atoms with Crippen molar-refractivity contribution in [3.05, 3.63) is 42.6 Å². The lowest BCUT2D eigenvalue weighted by atomic mass is 10.3. The summed E-state index contributed by atoms with van der Waals surface area (Å²) in [6.45, 7) is 0. The molecule has 0 atom stereocenters. The standard InChI is InChI=1S/C9H7N/c1-2-7-10-9-6-3-5-8(9)4-1/h1-7H. The van der Waals surface area contributed by atoms with Gasteiger partial charge in [0.1, 0.15) is 0 Å². The molecule has 0 amide bonds. The number of fused-ring (bicyclic) bond motifs is 1. The van der Waals surface area contributed by atoms with Gasteiger partial charge in [-0.25, -0.2) is 0 Å². The Labute approximate surface area is 59.7 Å². The molecule has 0 aromatic rings. The highest BCUT2D eigenvalue weighted by Gasteiger charge is 1.96. The third-order valence-corrected chi connectivity index (χ3v) is 1.51. The van der Waals surface area contributed by atoms with Crippen LogP contribution in [0.15, 0.2) is 42.6 Å². The average Bonchev–Trinajstić information content (AvgIpc) is 2.28. The first-order valence-electron chi connectivity index (χ1n) is 3.26. The molecule has 2 rings (SSSR count). The fourth-order valence-electron chi connectivity index (χ4n) is 1.02. The van der Waals surface area contributed by atoms with E-state index in [1.807, 2.05) is 30.5 Å². The van der Waals surface area contributed by atoms with Crippen LogP contribution in [0, 0.1) is 0 Å². The van der Waals surface area contributed by atoms with Gasteiger partial charge in [0.2, 0.25) is 0 Å². The van der Waals surface area contributed by atoms with Crippen molar-refractivity contribution in [2.45, 2.75) is 0 Å².